The van der Waals surface area contributed by atoms with Crippen LogP contribution in [0.3, 0.4) is 0 Å². The molecule has 0 aliphatic heterocycles. The Labute approximate surface area is 108 Å². The van der Waals surface area contributed by atoms with E-state index in [1.165, 1.54) is 19.3 Å². The highest BCUT2D eigenvalue weighted by atomic mass is 15.1. The van der Waals surface area contributed by atoms with Gasteiger partial charge in [0, 0.05) is 11.6 Å². The fraction of sp³-hybridized carbons (Fsp3) is 0.467. The highest BCUT2D eigenvalue weighted by Crippen LogP contribution is 2.20. The maximum atomic E-state index is 4.59. The molecule has 0 aliphatic carbocycles. The molecule has 2 rings (SSSR count). The van der Waals surface area contributed by atoms with E-state index >= 15 is 0 Å². The Bertz CT molecular complexity index is 513. The molecule has 0 bridgehead atoms. The second-order valence-electron chi connectivity index (χ2n) is 4.73. The van der Waals surface area contributed by atoms with E-state index in [1.807, 2.05) is 18.3 Å². The Morgan fingerprint density at radius 3 is 3.06 bits per heavy atom. The lowest BCUT2D eigenvalue weighted by atomic mass is 10.0. The molecule has 1 N–H and O–H groups in total. The smallest absolute Gasteiger partial charge is 0.0671 e. The predicted octanol–water partition coefficient (Wildman–Crippen LogP) is 4.48. The number of hydrogen-bond acceptors (Lipinski definition) is 2. The van der Waals surface area contributed by atoms with Gasteiger partial charge < -0.3 is 0 Å². The summed E-state index contributed by atoms with van der Waals surface area (Å²) in [4.78, 5) is 4.59. The molecule has 1 unspecified atom stereocenters. The van der Waals surface area contributed by atoms with Crippen LogP contribution in [-0.4, -0.2) is 16.4 Å². The van der Waals surface area contributed by atoms with Crippen molar-refractivity contribution in [2.75, 3.05) is 0 Å². The standard InChI is InChI=1S/C15H21N3/c1-3-5-6-12(4-2)10-16-14-8-7-13-11-17-18-15(13)9-14/h7-12H,3-6H2,1-2H3,(H,17,18). The van der Waals surface area contributed by atoms with Crippen molar-refractivity contribution < 1.29 is 0 Å². The number of rotatable bonds is 6. The average molecular weight is 243 g/mol. The summed E-state index contributed by atoms with van der Waals surface area (Å²) < 4.78 is 0. The van der Waals surface area contributed by atoms with Gasteiger partial charge in [0.15, 0.2) is 0 Å². The van der Waals surface area contributed by atoms with Crippen molar-refractivity contribution in [1.82, 2.24) is 10.2 Å². The topological polar surface area (TPSA) is 41.0 Å². The summed E-state index contributed by atoms with van der Waals surface area (Å²) in [5, 5.41) is 8.12. The molecule has 1 atom stereocenters. The Hall–Kier alpha value is -1.64. The molecule has 0 fully saturated rings. The monoisotopic (exact) mass is 243 g/mol. The van der Waals surface area contributed by atoms with Gasteiger partial charge in [-0.25, -0.2) is 0 Å². The number of aliphatic imine (C=N–C) groups is 1. The van der Waals surface area contributed by atoms with Crippen LogP contribution in [0.25, 0.3) is 10.9 Å². The molecular weight excluding hydrogens is 222 g/mol. The SMILES string of the molecule is CCCCC(C=Nc1ccc2cn[nH]c2c1)CC. The molecular formula is C15H21N3. The number of aromatic nitrogens is 2. The number of fused-ring (bicyclic) bond motifs is 1. The number of benzene rings is 1. The van der Waals surface area contributed by atoms with Crippen LogP contribution in [0.15, 0.2) is 29.4 Å². The minimum atomic E-state index is 0.599. The second-order valence-corrected chi connectivity index (χ2v) is 4.73. The zero-order valence-electron chi connectivity index (χ0n) is 11.2. The van der Waals surface area contributed by atoms with E-state index in [0.29, 0.717) is 5.92 Å². The molecule has 0 radical (unpaired) electrons. The van der Waals surface area contributed by atoms with E-state index < -0.39 is 0 Å². The average Bonchev–Trinajstić information content (AvgIpc) is 2.86. The van der Waals surface area contributed by atoms with E-state index in [4.69, 9.17) is 0 Å². The van der Waals surface area contributed by atoms with Crippen LogP contribution >= 0.6 is 0 Å². The van der Waals surface area contributed by atoms with Crippen molar-refractivity contribution in [3.63, 3.8) is 0 Å². The van der Waals surface area contributed by atoms with Gasteiger partial charge in [0.2, 0.25) is 0 Å². The van der Waals surface area contributed by atoms with Crippen LogP contribution in [0, 0.1) is 5.92 Å². The summed E-state index contributed by atoms with van der Waals surface area (Å²) in [6, 6.07) is 6.14. The van der Waals surface area contributed by atoms with Gasteiger partial charge in [-0.2, -0.15) is 5.10 Å². The summed E-state index contributed by atoms with van der Waals surface area (Å²) in [5.41, 5.74) is 2.05. The van der Waals surface area contributed by atoms with E-state index in [0.717, 1.165) is 23.0 Å². The zero-order valence-corrected chi connectivity index (χ0v) is 11.2. The van der Waals surface area contributed by atoms with E-state index in [2.05, 4.69) is 41.3 Å². The van der Waals surface area contributed by atoms with Crippen LogP contribution in [0.1, 0.15) is 39.5 Å². The number of hydrogen-bond donors (Lipinski definition) is 1. The molecule has 1 heterocycles. The summed E-state index contributed by atoms with van der Waals surface area (Å²) in [6.45, 7) is 4.46. The van der Waals surface area contributed by atoms with Crippen molar-refractivity contribution in [3.8, 4) is 0 Å². The quantitative estimate of drug-likeness (QED) is 0.746. The minimum absolute atomic E-state index is 0.599. The zero-order chi connectivity index (χ0) is 12.8. The van der Waals surface area contributed by atoms with Gasteiger partial charge in [0.1, 0.15) is 0 Å². The first kappa shape index (κ1) is 12.8. The van der Waals surface area contributed by atoms with Gasteiger partial charge in [0.05, 0.1) is 17.4 Å². The molecule has 0 saturated carbocycles. The van der Waals surface area contributed by atoms with Crippen molar-refractivity contribution in [2.45, 2.75) is 39.5 Å². The maximum absolute atomic E-state index is 4.59. The van der Waals surface area contributed by atoms with Crippen molar-refractivity contribution >= 4 is 22.8 Å². The molecule has 0 aliphatic rings. The number of nitrogens with zero attached hydrogens (tertiary/aromatic N) is 2. The Morgan fingerprint density at radius 2 is 2.28 bits per heavy atom. The third-order valence-corrected chi connectivity index (χ3v) is 3.31. The minimum Gasteiger partial charge on any atom is -0.278 e. The molecule has 96 valence electrons. The van der Waals surface area contributed by atoms with Gasteiger partial charge in [-0.3, -0.25) is 10.1 Å². The maximum Gasteiger partial charge on any atom is 0.0671 e. The molecule has 1 aromatic carbocycles. The van der Waals surface area contributed by atoms with Crippen LogP contribution < -0.4 is 0 Å². The largest absolute Gasteiger partial charge is 0.278 e. The van der Waals surface area contributed by atoms with Crippen molar-refractivity contribution in [3.05, 3.63) is 24.4 Å². The third-order valence-electron chi connectivity index (χ3n) is 3.31. The number of aromatic amines is 1. The lowest BCUT2D eigenvalue weighted by Gasteiger charge is -2.07. The van der Waals surface area contributed by atoms with Gasteiger partial charge in [-0.15, -0.1) is 0 Å². The molecule has 0 spiro atoms. The van der Waals surface area contributed by atoms with Crippen molar-refractivity contribution in [2.24, 2.45) is 10.9 Å². The lowest BCUT2D eigenvalue weighted by Crippen LogP contribution is -1.99. The molecule has 18 heavy (non-hydrogen) atoms. The van der Waals surface area contributed by atoms with Gasteiger partial charge in [0.25, 0.3) is 0 Å². The van der Waals surface area contributed by atoms with Gasteiger partial charge >= 0.3 is 0 Å². The predicted molar refractivity (Wildman–Crippen MR) is 77.6 cm³/mol. The second kappa shape index (κ2) is 6.34. The van der Waals surface area contributed by atoms with Crippen LogP contribution in [0.2, 0.25) is 0 Å². The number of nitrogens with one attached hydrogen (secondary N) is 1. The Balaban J connectivity index is 2.06. The first-order chi connectivity index (χ1) is 8.83. The number of H-pyrrole nitrogens is 1. The third kappa shape index (κ3) is 3.19. The van der Waals surface area contributed by atoms with Crippen molar-refractivity contribution in [1.29, 1.82) is 0 Å². The summed E-state index contributed by atoms with van der Waals surface area (Å²) in [6.07, 6.45) is 8.87. The van der Waals surface area contributed by atoms with Gasteiger partial charge in [-0.1, -0.05) is 26.7 Å². The Morgan fingerprint density at radius 1 is 1.39 bits per heavy atom. The highest BCUT2D eigenvalue weighted by molar-refractivity contribution is 5.81. The molecule has 0 amide bonds. The van der Waals surface area contributed by atoms with Crippen LogP contribution in [-0.2, 0) is 0 Å². The fourth-order valence-corrected chi connectivity index (χ4v) is 2.05. The fourth-order valence-electron chi connectivity index (χ4n) is 2.05. The molecule has 1 aromatic heterocycles. The Kier molecular flexibility index (Phi) is 4.51. The van der Waals surface area contributed by atoms with E-state index in [1.54, 1.807) is 0 Å². The summed E-state index contributed by atoms with van der Waals surface area (Å²) >= 11 is 0. The normalized spacial score (nSPS) is 13.4. The van der Waals surface area contributed by atoms with Crippen LogP contribution in [0.4, 0.5) is 5.69 Å². The lowest BCUT2D eigenvalue weighted by molar-refractivity contribution is 0.576. The molecule has 3 heteroatoms. The van der Waals surface area contributed by atoms with E-state index in [-0.39, 0.29) is 0 Å². The molecule has 3 nitrogen and oxygen atoms in total. The first-order valence-corrected chi connectivity index (χ1v) is 6.80. The number of unbranched alkanes of at least 4 members (excludes halogenated alkanes) is 1. The summed E-state index contributed by atoms with van der Waals surface area (Å²) in [5.74, 6) is 0.599. The molecule has 0 saturated heterocycles. The summed E-state index contributed by atoms with van der Waals surface area (Å²) in [7, 11) is 0. The molecule has 2 aromatic rings. The van der Waals surface area contributed by atoms with Crippen LogP contribution in [0.5, 0.6) is 0 Å². The van der Waals surface area contributed by atoms with Gasteiger partial charge in [-0.05, 0) is 37.0 Å². The van der Waals surface area contributed by atoms with E-state index in [9.17, 15) is 0 Å². The first-order valence-electron chi connectivity index (χ1n) is 6.80. The highest BCUT2D eigenvalue weighted by Gasteiger charge is 2.02.